The number of nitrogens with two attached hydrogens (primary N) is 2. The van der Waals surface area contributed by atoms with Crippen molar-refractivity contribution in [1.82, 2.24) is 5.32 Å². The first-order valence-corrected chi connectivity index (χ1v) is 4.05. The highest BCUT2D eigenvalue weighted by Crippen LogP contribution is 2.09. The zero-order chi connectivity index (χ0) is 8.10. The SMILES string of the molecule is NC(N)=NC[C@@H]1CCCNC1. The molecular weight excluding hydrogens is 140 g/mol. The van der Waals surface area contributed by atoms with Crippen LogP contribution in [0, 0.1) is 5.92 Å². The second-order valence-electron chi connectivity index (χ2n) is 2.98. The van der Waals surface area contributed by atoms with E-state index in [1.165, 1.54) is 12.8 Å². The second kappa shape index (κ2) is 4.18. The first-order valence-electron chi connectivity index (χ1n) is 4.05. The Hall–Kier alpha value is -0.770. The summed E-state index contributed by atoms with van der Waals surface area (Å²) in [7, 11) is 0. The van der Waals surface area contributed by atoms with Gasteiger partial charge in [0.05, 0.1) is 0 Å². The van der Waals surface area contributed by atoms with Gasteiger partial charge in [-0.2, -0.15) is 0 Å². The molecule has 1 saturated heterocycles. The first kappa shape index (κ1) is 8.33. The number of nitrogens with one attached hydrogen (secondary N) is 1. The van der Waals surface area contributed by atoms with Gasteiger partial charge in [-0.25, -0.2) is 0 Å². The Morgan fingerprint density at radius 3 is 2.91 bits per heavy atom. The Balaban J connectivity index is 2.19. The Kier molecular flexibility index (Phi) is 3.16. The average molecular weight is 156 g/mol. The molecule has 64 valence electrons. The molecule has 1 heterocycles. The zero-order valence-corrected chi connectivity index (χ0v) is 6.71. The fourth-order valence-electron chi connectivity index (χ4n) is 1.31. The lowest BCUT2D eigenvalue weighted by Crippen LogP contribution is -2.32. The fraction of sp³-hybridized carbons (Fsp3) is 0.857. The van der Waals surface area contributed by atoms with E-state index in [1.54, 1.807) is 0 Å². The standard InChI is InChI=1S/C7H16N4/c8-7(9)11-5-6-2-1-3-10-4-6/h6,10H,1-5H2,(H4,8,9,11)/t6-/m1/s1. The molecule has 0 saturated carbocycles. The Labute approximate surface area is 67.0 Å². The molecule has 1 aliphatic heterocycles. The summed E-state index contributed by atoms with van der Waals surface area (Å²) in [4.78, 5) is 3.98. The number of aliphatic imine (C=N–C) groups is 1. The zero-order valence-electron chi connectivity index (χ0n) is 6.71. The maximum Gasteiger partial charge on any atom is 0.185 e. The van der Waals surface area contributed by atoms with Crippen LogP contribution in [0.25, 0.3) is 0 Å². The van der Waals surface area contributed by atoms with Gasteiger partial charge in [0, 0.05) is 6.54 Å². The van der Waals surface area contributed by atoms with Crippen LogP contribution in [-0.2, 0) is 0 Å². The van der Waals surface area contributed by atoms with Crippen molar-refractivity contribution in [2.75, 3.05) is 19.6 Å². The topological polar surface area (TPSA) is 76.4 Å². The van der Waals surface area contributed by atoms with Crippen LogP contribution in [-0.4, -0.2) is 25.6 Å². The van der Waals surface area contributed by atoms with E-state index in [9.17, 15) is 0 Å². The molecule has 4 heteroatoms. The van der Waals surface area contributed by atoms with Crippen molar-refractivity contribution >= 4 is 5.96 Å². The third-order valence-corrected chi connectivity index (χ3v) is 1.93. The highest BCUT2D eigenvalue weighted by Gasteiger charge is 2.11. The van der Waals surface area contributed by atoms with Crippen molar-refractivity contribution in [3.05, 3.63) is 0 Å². The molecule has 0 aromatic heterocycles. The lowest BCUT2D eigenvalue weighted by Gasteiger charge is -2.20. The quantitative estimate of drug-likeness (QED) is 0.364. The molecule has 4 nitrogen and oxygen atoms in total. The van der Waals surface area contributed by atoms with Gasteiger partial charge < -0.3 is 16.8 Å². The third kappa shape index (κ3) is 3.23. The Morgan fingerprint density at radius 1 is 1.55 bits per heavy atom. The maximum absolute atomic E-state index is 5.22. The molecule has 1 rings (SSSR count). The third-order valence-electron chi connectivity index (χ3n) is 1.93. The second-order valence-corrected chi connectivity index (χ2v) is 2.98. The van der Waals surface area contributed by atoms with E-state index < -0.39 is 0 Å². The van der Waals surface area contributed by atoms with Gasteiger partial charge in [0.1, 0.15) is 0 Å². The summed E-state index contributed by atoms with van der Waals surface area (Å²) in [5, 5.41) is 3.31. The number of nitrogens with zero attached hydrogens (tertiary/aromatic N) is 1. The average Bonchev–Trinajstić information content (AvgIpc) is 2.03. The minimum absolute atomic E-state index is 0.204. The molecule has 0 unspecified atom stereocenters. The molecule has 1 aliphatic rings. The number of rotatable bonds is 2. The largest absolute Gasteiger partial charge is 0.370 e. The molecule has 1 fully saturated rings. The summed E-state index contributed by atoms with van der Waals surface area (Å²) in [6.07, 6.45) is 2.48. The Bertz CT molecular complexity index is 133. The lowest BCUT2D eigenvalue weighted by molar-refractivity contribution is 0.386. The van der Waals surface area contributed by atoms with Crippen LogP contribution in [0.4, 0.5) is 0 Å². The Morgan fingerprint density at radius 2 is 2.36 bits per heavy atom. The number of piperidine rings is 1. The van der Waals surface area contributed by atoms with Crippen molar-refractivity contribution in [2.45, 2.75) is 12.8 Å². The van der Waals surface area contributed by atoms with Crippen molar-refractivity contribution in [2.24, 2.45) is 22.4 Å². The summed E-state index contributed by atoms with van der Waals surface area (Å²) in [5.41, 5.74) is 10.4. The molecular formula is C7H16N4. The summed E-state index contributed by atoms with van der Waals surface area (Å²) in [6, 6.07) is 0. The lowest BCUT2D eigenvalue weighted by atomic mass is 10.0. The highest BCUT2D eigenvalue weighted by molar-refractivity contribution is 5.75. The molecule has 0 aromatic carbocycles. The van der Waals surface area contributed by atoms with Gasteiger partial charge in [0.15, 0.2) is 5.96 Å². The first-order chi connectivity index (χ1) is 5.29. The van der Waals surface area contributed by atoms with Crippen LogP contribution in [0.1, 0.15) is 12.8 Å². The molecule has 0 aliphatic carbocycles. The van der Waals surface area contributed by atoms with Gasteiger partial charge in [-0.05, 0) is 31.8 Å². The number of hydrogen-bond donors (Lipinski definition) is 3. The minimum atomic E-state index is 0.204. The van der Waals surface area contributed by atoms with Gasteiger partial charge in [-0.15, -0.1) is 0 Å². The maximum atomic E-state index is 5.22. The smallest absolute Gasteiger partial charge is 0.185 e. The van der Waals surface area contributed by atoms with E-state index in [4.69, 9.17) is 11.5 Å². The molecule has 0 spiro atoms. The van der Waals surface area contributed by atoms with Crippen LogP contribution >= 0.6 is 0 Å². The summed E-state index contributed by atoms with van der Waals surface area (Å²) < 4.78 is 0. The number of hydrogen-bond acceptors (Lipinski definition) is 2. The summed E-state index contributed by atoms with van der Waals surface area (Å²) in [5.74, 6) is 0.835. The van der Waals surface area contributed by atoms with E-state index in [0.29, 0.717) is 5.92 Å². The van der Waals surface area contributed by atoms with Crippen LogP contribution in [0.2, 0.25) is 0 Å². The van der Waals surface area contributed by atoms with Crippen molar-refractivity contribution in [3.63, 3.8) is 0 Å². The van der Waals surface area contributed by atoms with Crippen molar-refractivity contribution < 1.29 is 0 Å². The molecule has 11 heavy (non-hydrogen) atoms. The summed E-state index contributed by atoms with van der Waals surface area (Å²) in [6.45, 7) is 2.96. The van der Waals surface area contributed by atoms with Gasteiger partial charge >= 0.3 is 0 Å². The summed E-state index contributed by atoms with van der Waals surface area (Å²) >= 11 is 0. The van der Waals surface area contributed by atoms with Crippen LogP contribution in [0.3, 0.4) is 0 Å². The van der Waals surface area contributed by atoms with E-state index in [0.717, 1.165) is 19.6 Å². The highest BCUT2D eigenvalue weighted by atomic mass is 15.0. The van der Waals surface area contributed by atoms with E-state index >= 15 is 0 Å². The molecule has 0 aromatic rings. The molecule has 0 bridgehead atoms. The van der Waals surface area contributed by atoms with Gasteiger partial charge in [-0.1, -0.05) is 0 Å². The molecule has 0 radical (unpaired) electrons. The van der Waals surface area contributed by atoms with Crippen molar-refractivity contribution in [3.8, 4) is 0 Å². The number of guanidine groups is 1. The van der Waals surface area contributed by atoms with Gasteiger partial charge in [-0.3, -0.25) is 4.99 Å². The molecule has 1 atom stereocenters. The van der Waals surface area contributed by atoms with Crippen LogP contribution in [0.15, 0.2) is 4.99 Å². The van der Waals surface area contributed by atoms with E-state index in [-0.39, 0.29) is 5.96 Å². The van der Waals surface area contributed by atoms with Crippen molar-refractivity contribution in [1.29, 1.82) is 0 Å². The van der Waals surface area contributed by atoms with Gasteiger partial charge in [0.25, 0.3) is 0 Å². The van der Waals surface area contributed by atoms with Crippen LogP contribution in [0.5, 0.6) is 0 Å². The van der Waals surface area contributed by atoms with E-state index in [1.807, 2.05) is 0 Å². The molecule has 0 amide bonds. The minimum Gasteiger partial charge on any atom is -0.370 e. The molecule has 5 N–H and O–H groups in total. The fourth-order valence-corrected chi connectivity index (χ4v) is 1.31. The predicted octanol–water partition coefficient (Wildman–Crippen LogP) is -0.741. The monoisotopic (exact) mass is 156 g/mol. The van der Waals surface area contributed by atoms with Gasteiger partial charge in [0.2, 0.25) is 0 Å². The van der Waals surface area contributed by atoms with E-state index in [2.05, 4.69) is 10.3 Å². The normalized spacial score (nSPS) is 24.5. The van der Waals surface area contributed by atoms with Crippen LogP contribution < -0.4 is 16.8 Å². The predicted molar refractivity (Wildman–Crippen MR) is 46.3 cm³/mol.